The van der Waals surface area contributed by atoms with Crippen LogP contribution in [-0.2, 0) is 5.41 Å². The van der Waals surface area contributed by atoms with Gasteiger partial charge in [0.25, 0.3) is 0 Å². The van der Waals surface area contributed by atoms with Gasteiger partial charge < -0.3 is 4.40 Å². The van der Waals surface area contributed by atoms with E-state index in [9.17, 15) is 0 Å². The van der Waals surface area contributed by atoms with Gasteiger partial charge in [-0.3, -0.25) is 0 Å². The van der Waals surface area contributed by atoms with Crippen molar-refractivity contribution in [3.05, 3.63) is 41.2 Å². The smallest absolute Gasteiger partial charge is 0.0572 e. The highest BCUT2D eigenvalue weighted by Gasteiger charge is 2.17. The van der Waals surface area contributed by atoms with Gasteiger partial charge in [-0.1, -0.05) is 32.4 Å². The highest BCUT2D eigenvalue weighted by molar-refractivity contribution is 6.30. The summed E-state index contributed by atoms with van der Waals surface area (Å²) in [6.45, 7) is 6.61. The van der Waals surface area contributed by atoms with Gasteiger partial charge >= 0.3 is 0 Å². The average Bonchev–Trinajstić information content (AvgIpc) is 2.45. The van der Waals surface area contributed by atoms with Crippen LogP contribution in [0.15, 0.2) is 30.5 Å². The Labute approximate surface area is 89.3 Å². The largest absolute Gasteiger partial charge is 0.319 e. The maximum atomic E-state index is 5.98. The number of halogens is 1. The molecule has 0 unspecified atom stereocenters. The van der Waals surface area contributed by atoms with Gasteiger partial charge in [0.15, 0.2) is 0 Å². The van der Waals surface area contributed by atoms with Crippen molar-refractivity contribution >= 4 is 17.1 Å². The maximum Gasteiger partial charge on any atom is 0.0572 e. The first-order valence-corrected chi connectivity index (χ1v) is 5.13. The number of rotatable bonds is 0. The number of pyridine rings is 1. The zero-order chi connectivity index (χ0) is 10.3. The van der Waals surface area contributed by atoms with E-state index in [0.717, 1.165) is 5.02 Å². The van der Waals surface area contributed by atoms with Gasteiger partial charge in [-0.25, -0.2) is 0 Å². The fourth-order valence-electron chi connectivity index (χ4n) is 1.69. The Morgan fingerprint density at radius 2 is 1.71 bits per heavy atom. The molecule has 0 aliphatic heterocycles. The molecule has 0 spiro atoms. The molecule has 2 aromatic rings. The molecular weight excluding hydrogens is 194 g/mol. The van der Waals surface area contributed by atoms with E-state index >= 15 is 0 Å². The topological polar surface area (TPSA) is 4.41 Å². The standard InChI is InChI=1S/C12H14ClN/c1-12(2,3)11-7-6-10-5-4-9(13)8-14(10)11/h4-8H,1-3H3. The summed E-state index contributed by atoms with van der Waals surface area (Å²) in [6.07, 6.45) is 1.97. The minimum atomic E-state index is 0.150. The van der Waals surface area contributed by atoms with Gasteiger partial charge in [0.2, 0.25) is 0 Å². The molecule has 2 heteroatoms. The van der Waals surface area contributed by atoms with E-state index in [0.29, 0.717) is 0 Å². The van der Waals surface area contributed by atoms with E-state index in [-0.39, 0.29) is 5.41 Å². The first-order chi connectivity index (χ1) is 6.48. The minimum Gasteiger partial charge on any atom is -0.319 e. The number of fused-ring (bicyclic) bond motifs is 1. The summed E-state index contributed by atoms with van der Waals surface area (Å²) in [5, 5.41) is 0.777. The van der Waals surface area contributed by atoms with Crippen LogP contribution in [0.4, 0.5) is 0 Å². The van der Waals surface area contributed by atoms with Crippen molar-refractivity contribution in [2.45, 2.75) is 26.2 Å². The highest BCUT2D eigenvalue weighted by Crippen LogP contribution is 2.25. The third-order valence-corrected chi connectivity index (χ3v) is 2.61. The number of nitrogens with zero attached hydrogens (tertiary/aromatic N) is 1. The van der Waals surface area contributed by atoms with E-state index in [1.807, 2.05) is 18.3 Å². The molecule has 14 heavy (non-hydrogen) atoms. The van der Waals surface area contributed by atoms with Crippen LogP contribution in [0.3, 0.4) is 0 Å². The number of hydrogen-bond acceptors (Lipinski definition) is 0. The Balaban J connectivity index is 2.73. The third kappa shape index (κ3) is 1.53. The Morgan fingerprint density at radius 3 is 2.36 bits per heavy atom. The zero-order valence-corrected chi connectivity index (χ0v) is 9.47. The molecule has 0 aliphatic carbocycles. The Hall–Kier alpha value is -0.950. The Bertz CT molecular complexity index is 463. The lowest BCUT2D eigenvalue weighted by Gasteiger charge is -2.18. The van der Waals surface area contributed by atoms with Gasteiger partial charge in [-0.15, -0.1) is 0 Å². The van der Waals surface area contributed by atoms with Crippen molar-refractivity contribution in [2.24, 2.45) is 0 Å². The molecule has 0 aromatic carbocycles. The van der Waals surface area contributed by atoms with Crippen LogP contribution >= 0.6 is 11.6 Å². The molecule has 2 aromatic heterocycles. The lowest BCUT2D eigenvalue weighted by Crippen LogP contribution is -2.13. The molecular formula is C12H14ClN. The fraction of sp³-hybridized carbons (Fsp3) is 0.333. The molecule has 0 aliphatic rings. The first-order valence-electron chi connectivity index (χ1n) is 4.75. The second-order valence-electron chi connectivity index (χ2n) is 4.61. The van der Waals surface area contributed by atoms with Crippen molar-refractivity contribution in [2.75, 3.05) is 0 Å². The van der Waals surface area contributed by atoms with Crippen LogP contribution < -0.4 is 0 Å². The predicted octanol–water partition coefficient (Wildman–Crippen LogP) is 3.89. The first kappa shape index (κ1) is 9.60. The molecule has 0 fully saturated rings. The molecule has 0 N–H and O–H groups in total. The van der Waals surface area contributed by atoms with Gasteiger partial charge in [-0.2, -0.15) is 0 Å². The van der Waals surface area contributed by atoms with E-state index in [4.69, 9.17) is 11.6 Å². The molecule has 0 bridgehead atoms. The summed E-state index contributed by atoms with van der Waals surface area (Å²) in [5.41, 5.74) is 2.63. The van der Waals surface area contributed by atoms with Crippen molar-refractivity contribution in [1.29, 1.82) is 0 Å². The zero-order valence-electron chi connectivity index (χ0n) is 8.71. The summed E-state index contributed by atoms with van der Waals surface area (Å²) >= 11 is 5.98. The SMILES string of the molecule is CC(C)(C)c1ccc2ccc(Cl)cn12. The van der Waals surface area contributed by atoms with Crippen molar-refractivity contribution in [1.82, 2.24) is 4.40 Å². The van der Waals surface area contributed by atoms with Crippen LogP contribution in [-0.4, -0.2) is 4.40 Å². The van der Waals surface area contributed by atoms with Crippen LogP contribution in [0.25, 0.3) is 5.52 Å². The molecule has 74 valence electrons. The molecule has 1 nitrogen and oxygen atoms in total. The second-order valence-corrected chi connectivity index (χ2v) is 5.05. The summed E-state index contributed by atoms with van der Waals surface area (Å²) in [6, 6.07) is 8.24. The summed E-state index contributed by atoms with van der Waals surface area (Å²) in [5.74, 6) is 0. The summed E-state index contributed by atoms with van der Waals surface area (Å²) in [4.78, 5) is 0. The predicted molar refractivity (Wildman–Crippen MR) is 61.1 cm³/mol. The number of hydrogen-bond donors (Lipinski definition) is 0. The van der Waals surface area contributed by atoms with Crippen LogP contribution in [0.2, 0.25) is 5.02 Å². The van der Waals surface area contributed by atoms with Gasteiger partial charge in [0, 0.05) is 22.8 Å². The van der Waals surface area contributed by atoms with Gasteiger partial charge in [-0.05, 0) is 24.3 Å². The second kappa shape index (κ2) is 3.03. The quantitative estimate of drug-likeness (QED) is 0.618. The Kier molecular flexibility index (Phi) is 2.07. The highest BCUT2D eigenvalue weighted by atomic mass is 35.5. The van der Waals surface area contributed by atoms with E-state index < -0.39 is 0 Å². The third-order valence-electron chi connectivity index (χ3n) is 2.38. The van der Waals surface area contributed by atoms with Crippen LogP contribution in [0, 0.1) is 0 Å². The van der Waals surface area contributed by atoms with Crippen LogP contribution in [0.5, 0.6) is 0 Å². The van der Waals surface area contributed by atoms with E-state index in [1.54, 1.807) is 0 Å². The molecule has 0 saturated heterocycles. The molecule has 2 rings (SSSR count). The molecule has 0 saturated carbocycles. The lowest BCUT2D eigenvalue weighted by atomic mass is 9.92. The number of aromatic nitrogens is 1. The molecule has 0 radical (unpaired) electrons. The summed E-state index contributed by atoms with van der Waals surface area (Å²) in [7, 11) is 0. The molecule has 0 atom stereocenters. The van der Waals surface area contributed by atoms with Crippen molar-refractivity contribution in [3.63, 3.8) is 0 Å². The lowest BCUT2D eigenvalue weighted by molar-refractivity contribution is 0.564. The fourth-order valence-corrected chi connectivity index (χ4v) is 1.85. The maximum absolute atomic E-state index is 5.98. The van der Waals surface area contributed by atoms with Crippen molar-refractivity contribution < 1.29 is 0 Å². The minimum absolute atomic E-state index is 0.150. The normalized spacial score (nSPS) is 12.3. The monoisotopic (exact) mass is 207 g/mol. The molecule has 0 amide bonds. The van der Waals surface area contributed by atoms with Crippen molar-refractivity contribution in [3.8, 4) is 0 Å². The Morgan fingerprint density at radius 1 is 1.07 bits per heavy atom. The van der Waals surface area contributed by atoms with Crippen LogP contribution in [0.1, 0.15) is 26.5 Å². The van der Waals surface area contributed by atoms with E-state index in [2.05, 4.69) is 37.3 Å². The summed E-state index contributed by atoms with van der Waals surface area (Å²) < 4.78 is 2.16. The van der Waals surface area contributed by atoms with Gasteiger partial charge in [0.1, 0.15) is 0 Å². The average molecular weight is 208 g/mol. The van der Waals surface area contributed by atoms with Gasteiger partial charge in [0.05, 0.1) is 5.02 Å². The molecule has 2 heterocycles. The van der Waals surface area contributed by atoms with E-state index in [1.165, 1.54) is 11.2 Å².